The van der Waals surface area contributed by atoms with Gasteiger partial charge in [-0.25, -0.2) is 0 Å². The standard InChI is InChI=1S/C14H24N4O/c1-9(2)8-12(14(19)15-5)18-11(4)13-10(3)16-6-7-17-13/h6-7,9,11-12,18H,8H2,1-5H3,(H,15,19). The fourth-order valence-corrected chi connectivity index (χ4v) is 2.12. The maximum atomic E-state index is 11.9. The molecule has 0 radical (unpaired) electrons. The molecule has 1 amide bonds. The Morgan fingerprint density at radius 3 is 2.42 bits per heavy atom. The molecule has 1 rings (SSSR count). The van der Waals surface area contributed by atoms with Crippen LogP contribution in [0.3, 0.4) is 0 Å². The molecule has 2 atom stereocenters. The zero-order valence-electron chi connectivity index (χ0n) is 12.4. The minimum absolute atomic E-state index is 0.00486. The van der Waals surface area contributed by atoms with E-state index >= 15 is 0 Å². The predicted molar refractivity (Wildman–Crippen MR) is 75.6 cm³/mol. The lowest BCUT2D eigenvalue weighted by Gasteiger charge is -2.23. The molecule has 0 bridgehead atoms. The van der Waals surface area contributed by atoms with Crippen molar-refractivity contribution >= 4 is 5.91 Å². The number of aryl methyl sites for hydroxylation is 1. The van der Waals surface area contributed by atoms with E-state index in [-0.39, 0.29) is 18.0 Å². The first-order chi connectivity index (χ1) is 8.95. The average molecular weight is 264 g/mol. The van der Waals surface area contributed by atoms with Crippen molar-refractivity contribution in [1.82, 2.24) is 20.6 Å². The Balaban J connectivity index is 2.78. The van der Waals surface area contributed by atoms with Crippen LogP contribution in [0, 0.1) is 12.8 Å². The number of carbonyl (C=O) groups excluding carboxylic acids is 1. The van der Waals surface area contributed by atoms with Gasteiger partial charge in [0.05, 0.1) is 17.4 Å². The fraction of sp³-hybridized carbons (Fsp3) is 0.643. The molecule has 0 spiro atoms. The van der Waals surface area contributed by atoms with Crippen molar-refractivity contribution < 1.29 is 4.79 Å². The molecule has 19 heavy (non-hydrogen) atoms. The third-order valence-corrected chi connectivity index (χ3v) is 3.05. The van der Waals surface area contributed by atoms with Gasteiger partial charge in [0.15, 0.2) is 0 Å². The van der Waals surface area contributed by atoms with Gasteiger partial charge in [0.1, 0.15) is 0 Å². The highest BCUT2D eigenvalue weighted by Gasteiger charge is 2.22. The highest BCUT2D eigenvalue weighted by Crippen LogP contribution is 2.15. The molecule has 5 nitrogen and oxygen atoms in total. The maximum Gasteiger partial charge on any atom is 0.236 e. The van der Waals surface area contributed by atoms with Crippen LogP contribution in [-0.4, -0.2) is 29.0 Å². The van der Waals surface area contributed by atoms with E-state index in [1.807, 2.05) is 13.8 Å². The number of nitrogens with one attached hydrogen (secondary N) is 2. The summed E-state index contributed by atoms with van der Waals surface area (Å²) < 4.78 is 0. The fourth-order valence-electron chi connectivity index (χ4n) is 2.12. The van der Waals surface area contributed by atoms with Crippen LogP contribution in [0.2, 0.25) is 0 Å². The summed E-state index contributed by atoms with van der Waals surface area (Å²) in [6.07, 6.45) is 4.15. The number of hydrogen-bond acceptors (Lipinski definition) is 4. The quantitative estimate of drug-likeness (QED) is 0.819. The van der Waals surface area contributed by atoms with E-state index < -0.39 is 0 Å². The second-order valence-corrected chi connectivity index (χ2v) is 5.21. The van der Waals surface area contributed by atoms with E-state index in [0.29, 0.717) is 5.92 Å². The first-order valence-electron chi connectivity index (χ1n) is 6.70. The molecule has 2 unspecified atom stereocenters. The number of aromatic nitrogens is 2. The Morgan fingerprint density at radius 2 is 1.89 bits per heavy atom. The lowest BCUT2D eigenvalue weighted by molar-refractivity contribution is -0.123. The maximum absolute atomic E-state index is 11.9. The van der Waals surface area contributed by atoms with E-state index in [1.54, 1.807) is 19.4 Å². The number of nitrogens with zero attached hydrogens (tertiary/aromatic N) is 2. The van der Waals surface area contributed by atoms with Crippen LogP contribution in [-0.2, 0) is 4.79 Å². The molecule has 0 aliphatic carbocycles. The monoisotopic (exact) mass is 264 g/mol. The van der Waals surface area contributed by atoms with Crippen molar-refractivity contribution in [2.24, 2.45) is 5.92 Å². The van der Waals surface area contributed by atoms with Crippen molar-refractivity contribution in [2.75, 3.05) is 7.05 Å². The van der Waals surface area contributed by atoms with Crippen LogP contribution in [0.1, 0.15) is 44.6 Å². The number of likely N-dealkylation sites (N-methyl/N-ethyl adjacent to an activating group) is 1. The zero-order chi connectivity index (χ0) is 14.4. The Kier molecular flexibility index (Phi) is 5.89. The summed E-state index contributed by atoms with van der Waals surface area (Å²) in [7, 11) is 1.66. The molecular weight excluding hydrogens is 240 g/mol. The van der Waals surface area contributed by atoms with Gasteiger partial charge in [0.2, 0.25) is 5.91 Å². The number of carbonyl (C=O) groups is 1. The summed E-state index contributed by atoms with van der Waals surface area (Å²) in [5, 5.41) is 6.05. The van der Waals surface area contributed by atoms with E-state index in [0.717, 1.165) is 17.8 Å². The van der Waals surface area contributed by atoms with Gasteiger partial charge in [-0.05, 0) is 26.2 Å². The highest BCUT2D eigenvalue weighted by atomic mass is 16.2. The van der Waals surface area contributed by atoms with Gasteiger partial charge in [0, 0.05) is 25.5 Å². The highest BCUT2D eigenvalue weighted by molar-refractivity contribution is 5.81. The molecule has 0 fully saturated rings. The van der Waals surface area contributed by atoms with Crippen LogP contribution in [0.25, 0.3) is 0 Å². The first-order valence-corrected chi connectivity index (χ1v) is 6.70. The molecule has 1 aromatic rings. The molecule has 2 N–H and O–H groups in total. The Hall–Kier alpha value is -1.49. The van der Waals surface area contributed by atoms with Gasteiger partial charge in [-0.3, -0.25) is 20.1 Å². The molecule has 1 heterocycles. The Morgan fingerprint density at radius 1 is 1.26 bits per heavy atom. The summed E-state index contributed by atoms with van der Waals surface area (Å²) in [5.41, 5.74) is 1.78. The second-order valence-electron chi connectivity index (χ2n) is 5.21. The van der Waals surface area contributed by atoms with Crippen molar-refractivity contribution in [3.63, 3.8) is 0 Å². The summed E-state index contributed by atoms with van der Waals surface area (Å²) in [5.74, 6) is 0.465. The van der Waals surface area contributed by atoms with Gasteiger partial charge in [0.25, 0.3) is 0 Å². The van der Waals surface area contributed by atoms with Gasteiger partial charge < -0.3 is 5.32 Å². The lowest BCUT2D eigenvalue weighted by Crippen LogP contribution is -2.45. The summed E-state index contributed by atoms with van der Waals surface area (Å²) in [6.45, 7) is 8.15. The second kappa shape index (κ2) is 7.19. The van der Waals surface area contributed by atoms with Crippen LogP contribution >= 0.6 is 0 Å². The molecule has 0 aliphatic rings. The van der Waals surface area contributed by atoms with Crippen molar-refractivity contribution in [1.29, 1.82) is 0 Å². The average Bonchev–Trinajstić information content (AvgIpc) is 2.36. The molecule has 0 saturated carbocycles. The van der Waals surface area contributed by atoms with Gasteiger partial charge >= 0.3 is 0 Å². The van der Waals surface area contributed by atoms with Crippen LogP contribution in [0.15, 0.2) is 12.4 Å². The van der Waals surface area contributed by atoms with E-state index in [1.165, 1.54) is 0 Å². The van der Waals surface area contributed by atoms with Crippen LogP contribution in [0.4, 0.5) is 0 Å². The van der Waals surface area contributed by atoms with Gasteiger partial charge in [-0.15, -0.1) is 0 Å². The van der Waals surface area contributed by atoms with Gasteiger partial charge in [-0.1, -0.05) is 13.8 Å². The largest absolute Gasteiger partial charge is 0.358 e. The molecular formula is C14H24N4O. The third-order valence-electron chi connectivity index (χ3n) is 3.05. The minimum Gasteiger partial charge on any atom is -0.358 e. The molecule has 0 aromatic carbocycles. The number of rotatable bonds is 6. The molecule has 106 valence electrons. The first kappa shape index (κ1) is 15.6. The van der Waals surface area contributed by atoms with E-state index in [4.69, 9.17) is 0 Å². The molecule has 0 aliphatic heterocycles. The van der Waals surface area contributed by atoms with Crippen molar-refractivity contribution in [3.05, 3.63) is 23.8 Å². The smallest absolute Gasteiger partial charge is 0.236 e. The zero-order valence-corrected chi connectivity index (χ0v) is 12.4. The summed E-state index contributed by atoms with van der Waals surface area (Å²) >= 11 is 0. The normalized spacial score (nSPS) is 14.2. The Labute approximate surface area is 115 Å². The number of hydrogen-bond donors (Lipinski definition) is 2. The summed E-state index contributed by atoms with van der Waals surface area (Å²) in [4.78, 5) is 20.5. The summed E-state index contributed by atoms with van der Waals surface area (Å²) in [6, 6.07) is -0.212. The molecule has 1 aromatic heterocycles. The molecule has 5 heteroatoms. The predicted octanol–water partition coefficient (Wildman–Crippen LogP) is 1.60. The SMILES string of the molecule is CNC(=O)C(CC(C)C)NC(C)c1nccnc1C. The van der Waals surface area contributed by atoms with E-state index in [2.05, 4.69) is 34.4 Å². The topological polar surface area (TPSA) is 66.9 Å². The van der Waals surface area contributed by atoms with Crippen LogP contribution in [0.5, 0.6) is 0 Å². The molecule has 0 saturated heterocycles. The van der Waals surface area contributed by atoms with Crippen molar-refractivity contribution in [2.45, 2.75) is 46.2 Å². The Bertz CT molecular complexity index is 420. The minimum atomic E-state index is -0.207. The third kappa shape index (κ3) is 4.59. The van der Waals surface area contributed by atoms with Crippen LogP contribution < -0.4 is 10.6 Å². The van der Waals surface area contributed by atoms with E-state index in [9.17, 15) is 4.79 Å². The number of amides is 1. The van der Waals surface area contributed by atoms with Gasteiger partial charge in [-0.2, -0.15) is 0 Å². The lowest BCUT2D eigenvalue weighted by atomic mass is 10.0. The van der Waals surface area contributed by atoms with Crippen molar-refractivity contribution in [3.8, 4) is 0 Å².